The molecule has 0 aliphatic heterocycles. The molecule has 0 aliphatic rings. The first-order valence-corrected chi connectivity index (χ1v) is 10.2. The van der Waals surface area contributed by atoms with Crippen molar-refractivity contribution >= 4 is 21.4 Å². The van der Waals surface area contributed by atoms with E-state index in [1.807, 2.05) is 38.3 Å². The van der Waals surface area contributed by atoms with Crippen LogP contribution < -0.4 is 14.2 Å². The van der Waals surface area contributed by atoms with Gasteiger partial charge in [-0.15, -0.1) is 11.3 Å². The van der Waals surface area contributed by atoms with Crippen molar-refractivity contribution in [2.45, 2.75) is 38.6 Å². The smallest absolute Gasteiger partial charge is 0.241 e. The van der Waals surface area contributed by atoms with Crippen molar-refractivity contribution in [1.82, 2.24) is 4.72 Å². The van der Waals surface area contributed by atoms with Gasteiger partial charge >= 0.3 is 0 Å². The minimum Gasteiger partial charge on any atom is -0.493 e. The van der Waals surface area contributed by atoms with Crippen molar-refractivity contribution in [3.8, 4) is 11.5 Å². The van der Waals surface area contributed by atoms with Crippen LogP contribution in [0.4, 0.5) is 0 Å². The lowest BCUT2D eigenvalue weighted by atomic mass is 9.86. The molecule has 0 saturated carbocycles. The molecular formula is C18H25NO4S2. The minimum atomic E-state index is -3.74. The Kier molecular flexibility index (Phi) is 5.81. The van der Waals surface area contributed by atoms with Gasteiger partial charge in [0.25, 0.3) is 0 Å². The van der Waals surface area contributed by atoms with Crippen molar-refractivity contribution in [3.63, 3.8) is 0 Å². The highest BCUT2D eigenvalue weighted by molar-refractivity contribution is 7.89. The van der Waals surface area contributed by atoms with Gasteiger partial charge in [-0.2, -0.15) is 0 Å². The largest absolute Gasteiger partial charge is 0.493 e. The highest BCUT2D eigenvalue weighted by atomic mass is 32.2. The average molecular weight is 384 g/mol. The average Bonchev–Trinajstić information content (AvgIpc) is 3.05. The van der Waals surface area contributed by atoms with Gasteiger partial charge in [-0.25, -0.2) is 13.1 Å². The molecule has 0 bridgehead atoms. The third-order valence-electron chi connectivity index (χ3n) is 3.94. The van der Waals surface area contributed by atoms with Crippen LogP contribution in [0.25, 0.3) is 0 Å². The fourth-order valence-electron chi connectivity index (χ4n) is 2.59. The Bertz CT molecular complexity index is 822. The molecule has 2 aromatic rings. The molecule has 2 rings (SSSR count). The van der Waals surface area contributed by atoms with E-state index in [0.29, 0.717) is 17.1 Å². The fourth-order valence-corrected chi connectivity index (χ4v) is 5.34. The van der Waals surface area contributed by atoms with E-state index in [4.69, 9.17) is 9.47 Å². The molecule has 0 radical (unpaired) electrons. The summed E-state index contributed by atoms with van der Waals surface area (Å²) in [5.74, 6) is 0.890. The lowest BCUT2D eigenvalue weighted by Gasteiger charge is -2.30. The number of hydrogen-bond acceptors (Lipinski definition) is 5. The number of sulfonamides is 1. The molecule has 1 aromatic heterocycles. The van der Waals surface area contributed by atoms with Crippen LogP contribution in [0.3, 0.4) is 0 Å². The van der Waals surface area contributed by atoms with Crippen LogP contribution >= 0.6 is 11.3 Å². The summed E-state index contributed by atoms with van der Waals surface area (Å²) in [5.41, 5.74) is 0.326. The second-order valence-corrected chi connectivity index (χ2v) is 9.57. The minimum absolute atomic E-state index is 0.191. The van der Waals surface area contributed by atoms with Crippen LogP contribution in [0.2, 0.25) is 0 Å². The maximum atomic E-state index is 13.1. The first-order chi connectivity index (χ1) is 11.6. The van der Waals surface area contributed by atoms with Gasteiger partial charge in [-0.1, -0.05) is 26.8 Å². The second kappa shape index (κ2) is 7.35. The molecule has 1 N–H and O–H groups in total. The molecule has 25 heavy (non-hydrogen) atoms. The molecule has 0 aliphatic carbocycles. The lowest BCUT2D eigenvalue weighted by Crippen LogP contribution is -2.36. The first-order valence-electron chi connectivity index (χ1n) is 7.88. The van der Waals surface area contributed by atoms with Crippen molar-refractivity contribution in [3.05, 3.63) is 40.1 Å². The monoisotopic (exact) mass is 383 g/mol. The van der Waals surface area contributed by atoms with Crippen LogP contribution in [0, 0.1) is 12.3 Å². The van der Waals surface area contributed by atoms with Gasteiger partial charge in [-0.05, 0) is 35.4 Å². The Morgan fingerprint density at radius 1 is 1.12 bits per heavy atom. The number of methoxy groups -OCH3 is 2. The molecule has 0 saturated heterocycles. The summed E-state index contributed by atoms with van der Waals surface area (Å²) in [6, 6.07) is 6.72. The Balaban J connectivity index is 2.48. The van der Waals surface area contributed by atoms with Crippen LogP contribution in [0.5, 0.6) is 11.5 Å². The van der Waals surface area contributed by atoms with Crippen LogP contribution in [-0.4, -0.2) is 22.6 Å². The molecular weight excluding hydrogens is 358 g/mol. The molecule has 5 nitrogen and oxygen atoms in total. The van der Waals surface area contributed by atoms with E-state index in [1.165, 1.54) is 20.3 Å². The van der Waals surface area contributed by atoms with Crippen LogP contribution in [0.1, 0.15) is 37.3 Å². The first kappa shape index (κ1) is 19.8. The fraction of sp³-hybridized carbons (Fsp3) is 0.444. The zero-order chi connectivity index (χ0) is 18.8. The third-order valence-corrected chi connectivity index (χ3v) is 6.44. The number of rotatable bonds is 6. The van der Waals surface area contributed by atoms with E-state index in [-0.39, 0.29) is 16.4 Å². The summed E-state index contributed by atoms with van der Waals surface area (Å²) in [6.07, 6.45) is 0. The standard InChI is InChI=1S/C18H25NO4S2/c1-12-10-13(22-5)14(23-6)11-16(12)25(20,21)19-17(18(2,3)4)15-8-7-9-24-15/h7-11,17,19H,1-6H3/t17-/m0/s1. The molecule has 0 fully saturated rings. The number of benzene rings is 1. The number of ether oxygens (including phenoxy) is 2. The number of nitrogens with one attached hydrogen (secondary N) is 1. The van der Waals surface area contributed by atoms with E-state index < -0.39 is 10.0 Å². The van der Waals surface area contributed by atoms with Gasteiger partial charge < -0.3 is 9.47 Å². The van der Waals surface area contributed by atoms with Crippen molar-refractivity contribution in [1.29, 1.82) is 0 Å². The highest BCUT2D eigenvalue weighted by Crippen LogP contribution is 2.38. The summed E-state index contributed by atoms with van der Waals surface area (Å²) in [5, 5.41) is 1.95. The molecule has 1 heterocycles. The maximum Gasteiger partial charge on any atom is 0.241 e. The summed E-state index contributed by atoms with van der Waals surface area (Å²) in [4.78, 5) is 1.17. The van der Waals surface area contributed by atoms with Crippen LogP contribution in [0.15, 0.2) is 34.5 Å². The molecule has 1 atom stereocenters. The predicted octanol–water partition coefficient (Wildman–Crippen LogP) is 4.14. The summed E-state index contributed by atoms with van der Waals surface area (Å²) < 4.78 is 39.5. The van der Waals surface area contributed by atoms with Crippen molar-refractivity contribution in [2.24, 2.45) is 5.41 Å². The van der Waals surface area contributed by atoms with Crippen molar-refractivity contribution < 1.29 is 17.9 Å². The Morgan fingerprint density at radius 3 is 2.20 bits per heavy atom. The Hall–Kier alpha value is -1.57. The molecule has 0 spiro atoms. The molecule has 7 heteroatoms. The third kappa shape index (κ3) is 4.34. The topological polar surface area (TPSA) is 64.6 Å². The zero-order valence-corrected chi connectivity index (χ0v) is 17.0. The number of hydrogen-bond donors (Lipinski definition) is 1. The van der Waals surface area contributed by atoms with Crippen molar-refractivity contribution in [2.75, 3.05) is 14.2 Å². The zero-order valence-electron chi connectivity index (χ0n) is 15.4. The van der Waals surface area contributed by atoms with Gasteiger partial charge in [0, 0.05) is 10.9 Å². The maximum absolute atomic E-state index is 13.1. The van der Waals surface area contributed by atoms with Gasteiger partial charge in [0.1, 0.15) is 0 Å². The molecule has 0 amide bonds. The number of aryl methyl sites for hydroxylation is 1. The van der Waals surface area contributed by atoms with E-state index in [0.717, 1.165) is 4.88 Å². The quantitative estimate of drug-likeness (QED) is 0.814. The van der Waals surface area contributed by atoms with Crippen LogP contribution in [-0.2, 0) is 10.0 Å². The number of thiophene rings is 1. The van der Waals surface area contributed by atoms with Gasteiger partial charge in [0.15, 0.2) is 11.5 Å². The summed E-state index contributed by atoms with van der Waals surface area (Å²) >= 11 is 1.54. The van der Waals surface area contributed by atoms with E-state index in [9.17, 15) is 8.42 Å². The van der Waals surface area contributed by atoms with Gasteiger partial charge in [0.05, 0.1) is 25.2 Å². The van der Waals surface area contributed by atoms with Gasteiger partial charge in [0.2, 0.25) is 10.0 Å². The summed E-state index contributed by atoms with van der Waals surface area (Å²) in [6.45, 7) is 7.79. The predicted molar refractivity (Wildman–Crippen MR) is 101 cm³/mol. The van der Waals surface area contributed by atoms with E-state index >= 15 is 0 Å². The van der Waals surface area contributed by atoms with E-state index in [1.54, 1.807) is 24.3 Å². The van der Waals surface area contributed by atoms with E-state index in [2.05, 4.69) is 4.72 Å². The molecule has 138 valence electrons. The SMILES string of the molecule is COc1cc(C)c(S(=O)(=O)N[C@@H](c2cccs2)C(C)(C)C)cc1OC. The normalized spacial score (nSPS) is 13.5. The van der Waals surface area contributed by atoms with Gasteiger partial charge in [-0.3, -0.25) is 0 Å². The molecule has 0 unspecified atom stereocenters. The summed E-state index contributed by atoms with van der Waals surface area (Å²) in [7, 11) is -0.725. The highest BCUT2D eigenvalue weighted by Gasteiger charge is 2.32. The Labute approximate surface area is 154 Å². The second-order valence-electron chi connectivity index (χ2n) is 6.91. The molecule has 1 aromatic carbocycles. The lowest BCUT2D eigenvalue weighted by molar-refractivity contribution is 0.308. The Morgan fingerprint density at radius 2 is 1.72 bits per heavy atom.